The Balaban J connectivity index is 1.71. The van der Waals surface area contributed by atoms with E-state index in [1.165, 1.54) is 0 Å². The fourth-order valence-corrected chi connectivity index (χ4v) is 2.26. The molecule has 1 aliphatic heterocycles. The lowest BCUT2D eigenvalue weighted by molar-refractivity contribution is -0.124. The van der Waals surface area contributed by atoms with Gasteiger partial charge in [-0.05, 0) is 29.3 Å². The number of rotatable bonds is 4. The van der Waals surface area contributed by atoms with Crippen molar-refractivity contribution in [3.8, 4) is 5.75 Å². The Labute approximate surface area is 128 Å². The molecule has 0 bridgehead atoms. The van der Waals surface area contributed by atoms with Gasteiger partial charge in [-0.25, -0.2) is 0 Å². The van der Waals surface area contributed by atoms with Crippen LogP contribution >= 0.6 is 0 Å². The molecule has 1 saturated heterocycles. The van der Waals surface area contributed by atoms with Gasteiger partial charge in [0.25, 0.3) is 5.91 Å². The molecule has 0 unspecified atom stereocenters. The van der Waals surface area contributed by atoms with E-state index in [2.05, 4.69) is 5.32 Å². The average molecular weight is 293 g/mol. The van der Waals surface area contributed by atoms with Crippen LogP contribution in [0.15, 0.2) is 60.2 Å². The van der Waals surface area contributed by atoms with Crippen molar-refractivity contribution in [3.63, 3.8) is 0 Å². The lowest BCUT2D eigenvalue weighted by Gasteiger charge is -2.07. The van der Waals surface area contributed by atoms with Gasteiger partial charge in [-0.1, -0.05) is 42.5 Å². The second-order valence-corrected chi connectivity index (χ2v) is 5.07. The summed E-state index contributed by atoms with van der Waals surface area (Å²) >= 11 is 0. The number of carbonyl (C=O) groups excluding carboxylic acids is 2. The SMILES string of the molecule is O=C1CC(=Cc2cccc(OCc3ccccc3)c2)C(=O)N1. The smallest absolute Gasteiger partial charge is 0.254 e. The maximum Gasteiger partial charge on any atom is 0.254 e. The molecule has 1 N–H and O–H groups in total. The molecule has 2 aromatic rings. The van der Waals surface area contributed by atoms with Gasteiger partial charge >= 0.3 is 0 Å². The van der Waals surface area contributed by atoms with E-state index in [1.807, 2.05) is 54.6 Å². The Morgan fingerprint density at radius 2 is 1.86 bits per heavy atom. The fraction of sp³-hybridized carbons (Fsp3) is 0.111. The van der Waals surface area contributed by atoms with Gasteiger partial charge in [0.05, 0.1) is 6.42 Å². The van der Waals surface area contributed by atoms with Crippen molar-refractivity contribution in [1.29, 1.82) is 0 Å². The topological polar surface area (TPSA) is 55.4 Å². The minimum atomic E-state index is -0.319. The third-order valence-electron chi connectivity index (χ3n) is 3.34. The summed E-state index contributed by atoms with van der Waals surface area (Å²) in [6.45, 7) is 0.486. The van der Waals surface area contributed by atoms with Crippen LogP contribution in [0, 0.1) is 0 Å². The minimum Gasteiger partial charge on any atom is -0.489 e. The van der Waals surface area contributed by atoms with E-state index in [4.69, 9.17) is 4.74 Å². The van der Waals surface area contributed by atoms with Gasteiger partial charge in [0.1, 0.15) is 12.4 Å². The molecule has 1 heterocycles. The van der Waals surface area contributed by atoms with Crippen LogP contribution in [0.1, 0.15) is 17.5 Å². The number of nitrogens with one attached hydrogen (secondary N) is 1. The van der Waals surface area contributed by atoms with Crippen LogP contribution in [0.3, 0.4) is 0 Å². The molecule has 4 nitrogen and oxygen atoms in total. The molecule has 0 saturated carbocycles. The zero-order valence-electron chi connectivity index (χ0n) is 11.9. The Kier molecular flexibility index (Phi) is 4.01. The summed E-state index contributed by atoms with van der Waals surface area (Å²) in [7, 11) is 0. The van der Waals surface area contributed by atoms with Crippen molar-refractivity contribution in [1.82, 2.24) is 5.32 Å². The molecular weight excluding hydrogens is 278 g/mol. The predicted molar refractivity (Wildman–Crippen MR) is 83.0 cm³/mol. The summed E-state index contributed by atoms with van der Waals surface area (Å²) in [5, 5.41) is 2.27. The molecule has 2 aromatic carbocycles. The fourth-order valence-electron chi connectivity index (χ4n) is 2.26. The molecular formula is C18H15NO3. The molecule has 3 rings (SSSR count). The van der Waals surface area contributed by atoms with Gasteiger partial charge in [0.15, 0.2) is 0 Å². The van der Waals surface area contributed by atoms with Crippen molar-refractivity contribution in [2.45, 2.75) is 13.0 Å². The van der Waals surface area contributed by atoms with Crippen LogP contribution in [0.25, 0.3) is 6.08 Å². The summed E-state index contributed by atoms with van der Waals surface area (Å²) < 4.78 is 5.75. The first kappa shape index (κ1) is 14.1. The predicted octanol–water partition coefficient (Wildman–Crippen LogP) is 2.70. The molecule has 0 radical (unpaired) electrons. The summed E-state index contributed by atoms with van der Waals surface area (Å²) in [4.78, 5) is 22.7. The van der Waals surface area contributed by atoms with Crippen LogP contribution in [0.5, 0.6) is 5.75 Å². The molecule has 4 heteroatoms. The monoisotopic (exact) mass is 293 g/mol. The second kappa shape index (κ2) is 6.26. The van der Waals surface area contributed by atoms with Crippen LogP contribution in [0.4, 0.5) is 0 Å². The lowest BCUT2D eigenvalue weighted by Crippen LogP contribution is -2.19. The third kappa shape index (κ3) is 3.41. The highest BCUT2D eigenvalue weighted by atomic mass is 16.5. The Morgan fingerprint density at radius 1 is 1.05 bits per heavy atom. The first-order valence-electron chi connectivity index (χ1n) is 7.02. The maximum absolute atomic E-state index is 11.6. The Morgan fingerprint density at radius 3 is 2.59 bits per heavy atom. The zero-order chi connectivity index (χ0) is 15.4. The van der Waals surface area contributed by atoms with E-state index in [0.717, 1.165) is 16.9 Å². The van der Waals surface area contributed by atoms with Crippen molar-refractivity contribution in [2.75, 3.05) is 0 Å². The van der Waals surface area contributed by atoms with Crippen LogP contribution < -0.4 is 10.1 Å². The highest BCUT2D eigenvalue weighted by Gasteiger charge is 2.23. The molecule has 2 amide bonds. The number of hydrogen-bond acceptors (Lipinski definition) is 3. The van der Waals surface area contributed by atoms with Gasteiger partial charge in [0, 0.05) is 5.57 Å². The van der Waals surface area contributed by atoms with Crippen LogP contribution in [0.2, 0.25) is 0 Å². The van der Waals surface area contributed by atoms with Gasteiger partial charge in [-0.3, -0.25) is 14.9 Å². The summed E-state index contributed by atoms with van der Waals surface area (Å²) in [5.74, 6) is 0.149. The average Bonchev–Trinajstić information content (AvgIpc) is 2.84. The van der Waals surface area contributed by atoms with Gasteiger partial charge < -0.3 is 4.74 Å². The maximum atomic E-state index is 11.6. The van der Waals surface area contributed by atoms with E-state index in [9.17, 15) is 9.59 Å². The van der Waals surface area contributed by atoms with E-state index >= 15 is 0 Å². The van der Waals surface area contributed by atoms with Crippen LogP contribution in [-0.2, 0) is 16.2 Å². The first-order chi connectivity index (χ1) is 10.7. The summed E-state index contributed by atoms with van der Waals surface area (Å²) in [6, 6.07) is 17.4. The van der Waals surface area contributed by atoms with Gasteiger partial charge in [0.2, 0.25) is 5.91 Å². The lowest BCUT2D eigenvalue weighted by atomic mass is 10.1. The highest BCUT2D eigenvalue weighted by molar-refractivity contribution is 6.15. The standard InChI is InChI=1S/C18H15NO3/c20-17-11-15(18(21)19-17)9-14-7-4-8-16(10-14)22-12-13-5-2-1-3-6-13/h1-10H,11-12H2,(H,19,20,21). The Hall–Kier alpha value is -2.88. The molecule has 1 fully saturated rings. The van der Waals surface area contributed by atoms with E-state index in [1.54, 1.807) is 6.08 Å². The molecule has 110 valence electrons. The zero-order valence-corrected chi connectivity index (χ0v) is 11.9. The van der Waals surface area contributed by atoms with E-state index < -0.39 is 0 Å². The van der Waals surface area contributed by atoms with Crippen molar-refractivity contribution >= 4 is 17.9 Å². The van der Waals surface area contributed by atoms with Crippen molar-refractivity contribution < 1.29 is 14.3 Å². The van der Waals surface area contributed by atoms with Gasteiger partial charge in [-0.2, -0.15) is 0 Å². The van der Waals surface area contributed by atoms with Crippen LogP contribution in [-0.4, -0.2) is 11.8 Å². The molecule has 22 heavy (non-hydrogen) atoms. The molecule has 0 aliphatic carbocycles. The quantitative estimate of drug-likeness (QED) is 0.696. The summed E-state index contributed by atoms with van der Waals surface area (Å²) in [6.07, 6.45) is 1.85. The summed E-state index contributed by atoms with van der Waals surface area (Å²) in [5.41, 5.74) is 2.41. The highest BCUT2D eigenvalue weighted by Crippen LogP contribution is 2.19. The first-order valence-corrected chi connectivity index (χ1v) is 7.02. The third-order valence-corrected chi connectivity index (χ3v) is 3.34. The minimum absolute atomic E-state index is 0.133. The number of amides is 2. The number of carbonyl (C=O) groups is 2. The second-order valence-electron chi connectivity index (χ2n) is 5.07. The van der Waals surface area contributed by atoms with Crippen molar-refractivity contribution in [2.24, 2.45) is 0 Å². The van der Waals surface area contributed by atoms with Crippen molar-refractivity contribution in [3.05, 3.63) is 71.3 Å². The largest absolute Gasteiger partial charge is 0.489 e. The number of ether oxygens (including phenoxy) is 1. The van der Waals surface area contributed by atoms with E-state index in [0.29, 0.717) is 12.2 Å². The number of benzene rings is 2. The molecule has 0 aromatic heterocycles. The normalized spacial score (nSPS) is 15.9. The van der Waals surface area contributed by atoms with E-state index in [-0.39, 0.29) is 18.2 Å². The number of imide groups is 1. The number of hydrogen-bond donors (Lipinski definition) is 1. The van der Waals surface area contributed by atoms with Gasteiger partial charge in [-0.15, -0.1) is 0 Å². The Bertz CT molecular complexity index is 735. The molecule has 0 spiro atoms. The molecule has 1 aliphatic rings. The molecule has 0 atom stereocenters.